The van der Waals surface area contributed by atoms with Crippen molar-refractivity contribution in [3.05, 3.63) is 356 Å². The van der Waals surface area contributed by atoms with Crippen molar-refractivity contribution in [3.63, 3.8) is 0 Å². The predicted octanol–water partition coefficient (Wildman–Crippen LogP) is 22.7. The van der Waals surface area contributed by atoms with E-state index >= 15 is 0 Å². The molecule has 3 aromatic heterocycles. The van der Waals surface area contributed by atoms with E-state index in [-0.39, 0.29) is 6.71 Å². The van der Waals surface area contributed by atoms with Crippen LogP contribution in [-0.2, 0) is 25.8 Å². The Balaban J connectivity index is 0.830. The number of hydrogen-bond acceptors (Lipinski definition) is 4. The van der Waals surface area contributed by atoms with Gasteiger partial charge in [0.15, 0.2) is 0 Å². The summed E-state index contributed by atoms with van der Waals surface area (Å²) in [6, 6.07) is 126. The van der Waals surface area contributed by atoms with E-state index in [0.717, 1.165) is 91.9 Å². The summed E-state index contributed by atoms with van der Waals surface area (Å²) in [6.45, 7) is 2.10. The zero-order valence-corrected chi connectivity index (χ0v) is 56.3. The lowest BCUT2D eigenvalue weighted by molar-refractivity contribution is 0.668. The molecule has 6 heteroatoms. The summed E-state index contributed by atoms with van der Waals surface area (Å²) in [5, 5.41) is 7.04. The highest BCUT2D eigenvalue weighted by atomic mass is 16.3. The van der Waals surface area contributed by atoms with Crippen LogP contribution in [0.15, 0.2) is 349 Å². The lowest BCUT2D eigenvalue weighted by Crippen LogP contribution is -2.62. The molecular weight excluding hydrogens is 1240 g/mol. The van der Waals surface area contributed by atoms with Crippen molar-refractivity contribution in [3.8, 4) is 66.8 Å². The van der Waals surface area contributed by atoms with Crippen LogP contribution in [0.1, 0.15) is 16.7 Å². The van der Waals surface area contributed by atoms with Crippen LogP contribution in [0.5, 0.6) is 0 Å². The van der Waals surface area contributed by atoms with Gasteiger partial charge in [-0.05, 0) is 192 Å². The topological polar surface area (TPSA) is 37.7 Å². The fourth-order valence-corrected chi connectivity index (χ4v) is 17.2. The number of rotatable bonds is 15. The van der Waals surface area contributed by atoms with Crippen molar-refractivity contribution in [1.29, 1.82) is 0 Å². The van der Waals surface area contributed by atoms with Crippen molar-refractivity contribution < 1.29 is 8.83 Å². The summed E-state index contributed by atoms with van der Waals surface area (Å²) >= 11 is 0. The molecule has 0 radical (unpaired) electrons. The van der Waals surface area contributed by atoms with Gasteiger partial charge in [0, 0.05) is 85.7 Å². The molecule has 0 bridgehead atoms. The quantitative estimate of drug-likeness (QED) is 0.0959. The molecule has 0 fully saturated rings. The van der Waals surface area contributed by atoms with E-state index in [2.05, 4.69) is 354 Å². The van der Waals surface area contributed by atoms with Crippen LogP contribution in [0.4, 0.5) is 22.7 Å². The molecule has 0 unspecified atom stereocenters. The number of furan rings is 2. The van der Waals surface area contributed by atoms with Gasteiger partial charge in [0.05, 0.1) is 0 Å². The van der Waals surface area contributed by atoms with E-state index in [1.54, 1.807) is 0 Å². The molecule has 0 saturated carbocycles. The average molecular weight is 1310 g/mol. The highest BCUT2D eigenvalue weighted by Crippen LogP contribution is 2.45. The Kier molecular flexibility index (Phi) is 14.4. The number of anilines is 4. The number of aryl methyl sites for hydroxylation is 2. The first kappa shape index (κ1) is 59.4. The van der Waals surface area contributed by atoms with E-state index in [9.17, 15) is 0 Å². The molecule has 0 saturated heterocycles. The molecule has 0 amide bonds. The fourth-order valence-electron chi connectivity index (χ4n) is 17.2. The number of fused-ring (bicyclic) bond motifs is 13. The van der Waals surface area contributed by atoms with E-state index in [0.29, 0.717) is 13.1 Å². The highest BCUT2D eigenvalue weighted by Gasteiger charge is 2.43. The summed E-state index contributed by atoms with van der Waals surface area (Å²) < 4.78 is 15.5. The van der Waals surface area contributed by atoms with Crippen LogP contribution < -0.4 is 26.2 Å². The largest absolute Gasteiger partial charge is 0.456 e. The standard InChI is InChI=1S/C96H68BN3O2/c1-5-23-64(24-6-1)72-35-21-36-73(65-25-7-2-8-26-65)76(72)52-55-99-88-61-70(68-45-49-94-82(59-68)80-33-15-19-41-92(80)101-94)43-47-84(88)97-85-48-44-71(69-46-50-95-83(60-69)81-34-16-20-42-93(81)102-95)62-89(85)100(56-53-77-74(66-27-9-3-10-28-66)37-22-38-75(77)67-29-11-4-12-30-67)91-58-63(57-90(99)96(91)97)51-54-98-86-39-17-13-31-78(86)79-32-14-18-40-87(79)98/h1-50,57-62H,51-56H2. The van der Waals surface area contributed by atoms with Crippen molar-refractivity contribution in [2.24, 2.45) is 0 Å². The molecule has 5 heterocycles. The number of para-hydroxylation sites is 4. The van der Waals surface area contributed by atoms with Crippen molar-refractivity contribution >= 4 is 112 Å². The van der Waals surface area contributed by atoms with Crippen molar-refractivity contribution in [1.82, 2.24) is 4.57 Å². The third-order valence-corrected chi connectivity index (χ3v) is 21.9. The molecular formula is C96H68BN3O2. The Hall–Kier alpha value is -12.6. The van der Waals surface area contributed by atoms with Gasteiger partial charge in [0.1, 0.15) is 22.3 Å². The number of hydrogen-bond donors (Lipinski definition) is 0. The zero-order chi connectivity index (χ0) is 67.2. The minimum absolute atomic E-state index is 0.115. The Morgan fingerprint density at radius 3 is 1.02 bits per heavy atom. The molecule has 18 aromatic rings. The van der Waals surface area contributed by atoms with Crippen LogP contribution in [0.25, 0.3) is 132 Å². The molecule has 0 N–H and O–H groups in total. The molecule has 2 aliphatic heterocycles. The minimum atomic E-state index is -0.115. The second-order valence-electron chi connectivity index (χ2n) is 27.5. The van der Waals surface area contributed by atoms with Gasteiger partial charge in [-0.15, -0.1) is 0 Å². The maximum Gasteiger partial charge on any atom is 0.252 e. The van der Waals surface area contributed by atoms with Gasteiger partial charge in [0.2, 0.25) is 0 Å². The summed E-state index contributed by atoms with van der Waals surface area (Å²) in [6.07, 6.45) is 2.35. The lowest BCUT2D eigenvalue weighted by atomic mass is 9.33. The van der Waals surface area contributed by atoms with Crippen LogP contribution in [-0.4, -0.2) is 24.4 Å². The second-order valence-corrected chi connectivity index (χ2v) is 27.5. The molecule has 15 aromatic carbocycles. The van der Waals surface area contributed by atoms with Gasteiger partial charge >= 0.3 is 0 Å². The Bertz CT molecular complexity index is 5800. The smallest absolute Gasteiger partial charge is 0.252 e. The predicted molar refractivity (Wildman–Crippen MR) is 429 cm³/mol. The minimum Gasteiger partial charge on any atom is -0.456 e. The third-order valence-electron chi connectivity index (χ3n) is 21.9. The van der Waals surface area contributed by atoms with Gasteiger partial charge < -0.3 is 23.2 Å². The van der Waals surface area contributed by atoms with Crippen LogP contribution in [0.3, 0.4) is 0 Å². The average Bonchev–Trinajstić information content (AvgIpc) is 0.814. The molecule has 2 aliphatic rings. The van der Waals surface area contributed by atoms with E-state index < -0.39 is 0 Å². The fraction of sp³-hybridized carbons (Fsp3) is 0.0625. The van der Waals surface area contributed by atoms with Crippen molar-refractivity contribution in [2.45, 2.75) is 25.8 Å². The molecule has 482 valence electrons. The van der Waals surface area contributed by atoms with Gasteiger partial charge in [-0.1, -0.05) is 267 Å². The number of benzene rings is 15. The zero-order valence-electron chi connectivity index (χ0n) is 56.3. The lowest BCUT2D eigenvalue weighted by Gasteiger charge is -2.45. The van der Waals surface area contributed by atoms with Crippen LogP contribution in [0, 0.1) is 0 Å². The molecule has 0 aliphatic carbocycles. The van der Waals surface area contributed by atoms with Crippen LogP contribution >= 0.6 is 0 Å². The third kappa shape index (κ3) is 10.1. The maximum absolute atomic E-state index is 6.48. The number of aromatic nitrogens is 1. The maximum atomic E-state index is 6.48. The summed E-state index contributed by atoms with van der Waals surface area (Å²) in [5.74, 6) is 0. The van der Waals surface area contributed by atoms with Gasteiger partial charge in [-0.2, -0.15) is 0 Å². The van der Waals surface area contributed by atoms with Crippen LogP contribution in [0.2, 0.25) is 0 Å². The van der Waals surface area contributed by atoms with E-state index in [1.165, 1.54) is 122 Å². The molecule has 20 rings (SSSR count). The summed E-state index contributed by atoms with van der Waals surface area (Å²) in [4.78, 5) is 5.47. The first-order valence-electron chi connectivity index (χ1n) is 35.8. The first-order chi connectivity index (χ1) is 50.6. The Morgan fingerprint density at radius 2 is 0.598 bits per heavy atom. The van der Waals surface area contributed by atoms with E-state index in [4.69, 9.17) is 8.83 Å². The molecule has 102 heavy (non-hydrogen) atoms. The Morgan fingerprint density at radius 1 is 0.245 bits per heavy atom. The van der Waals surface area contributed by atoms with Gasteiger partial charge in [0.25, 0.3) is 6.71 Å². The van der Waals surface area contributed by atoms with Gasteiger partial charge in [-0.25, -0.2) is 0 Å². The summed E-state index contributed by atoms with van der Waals surface area (Å²) in [7, 11) is 0. The van der Waals surface area contributed by atoms with Gasteiger partial charge in [-0.3, -0.25) is 0 Å². The normalized spacial score (nSPS) is 12.5. The van der Waals surface area contributed by atoms with E-state index in [1.807, 2.05) is 0 Å². The number of nitrogens with zero attached hydrogens (tertiary/aromatic N) is 3. The Labute approximate surface area is 593 Å². The highest BCUT2D eigenvalue weighted by molar-refractivity contribution is 7.00. The second kappa shape index (κ2) is 24.7. The molecule has 5 nitrogen and oxygen atoms in total. The molecule has 0 atom stereocenters. The first-order valence-corrected chi connectivity index (χ1v) is 35.8. The van der Waals surface area contributed by atoms with Crippen molar-refractivity contribution in [2.75, 3.05) is 22.9 Å². The molecule has 0 spiro atoms. The SMILES string of the molecule is c1ccc(-c2cccc(-c3ccccc3)c2CCN2c3cc(-c4ccc5oc6ccccc6c5c4)ccc3B3c4ccc(-c5ccc6oc7ccccc7c6c5)cc4N(CCc4c(-c5ccccc5)cccc4-c4ccccc4)c4cc(CCn5c6ccccc6c6ccccc65)cc2c43)cc1. The monoisotopic (exact) mass is 1310 g/mol. The summed E-state index contributed by atoms with van der Waals surface area (Å²) in [5.41, 5.74) is 33.4.